The maximum atomic E-state index is 12.2. The SMILES string of the molecule is CCOC(=O)N1CC2c3ccccc3Oc3ccc(Cl)cc3C2C1. The number of nitrogens with zero attached hydrogens (tertiary/aromatic N) is 1. The number of amides is 1. The zero-order valence-corrected chi connectivity index (χ0v) is 14.1. The van der Waals surface area contributed by atoms with Crippen LogP contribution in [0.2, 0.25) is 5.02 Å². The first-order chi connectivity index (χ1) is 11.7. The number of hydrogen-bond donors (Lipinski definition) is 0. The average Bonchev–Trinajstić information content (AvgIpc) is 2.97. The molecule has 1 saturated heterocycles. The molecule has 24 heavy (non-hydrogen) atoms. The summed E-state index contributed by atoms with van der Waals surface area (Å²) in [5.41, 5.74) is 2.18. The van der Waals surface area contributed by atoms with Gasteiger partial charge in [-0.2, -0.15) is 0 Å². The summed E-state index contributed by atoms with van der Waals surface area (Å²) in [5, 5.41) is 0.677. The molecule has 2 unspecified atom stereocenters. The van der Waals surface area contributed by atoms with E-state index in [1.807, 2.05) is 43.3 Å². The van der Waals surface area contributed by atoms with Crippen LogP contribution in [0, 0.1) is 0 Å². The van der Waals surface area contributed by atoms with Crippen LogP contribution in [0.3, 0.4) is 0 Å². The van der Waals surface area contributed by atoms with Gasteiger partial charge in [0, 0.05) is 41.1 Å². The van der Waals surface area contributed by atoms with Crippen molar-refractivity contribution in [3.63, 3.8) is 0 Å². The van der Waals surface area contributed by atoms with Gasteiger partial charge in [-0.25, -0.2) is 4.79 Å². The summed E-state index contributed by atoms with van der Waals surface area (Å²) >= 11 is 6.22. The number of rotatable bonds is 1. The van der Waals surface area contributed by atoms with Crippen molar-refractivity contribution in [2.24, 2.45) is 0 Å². The van der Waals surface area contributed by atoms with Crippen LogP contribution >= 0.6 is 11.6 Å². The Morgan fingerprint density at radius 3 is 2.67 bits per heavy atom. The highest BCUT2D eigenvalue weighted by molar-refractivity contribution is 6.30. The lowest BCUT2D eigenvalue weighted by Gasteiger charge is -2.17. The first-order valence-electron chi connectivity index (χ1n) is 8.15. The second-order valence-corrected chi connectivity index (χ2v) is 6.58. The number of hydrogen-bond acceptors (Lipinski definition) is 3. The minimum Gasteiger partial charge on any atom is -0.457 e. The molecule has 2 aromatic rings. The van der Waals surface area contributed by atoms with Crippen LogP contribution in [0.5, 0.6) is 11.5 Å². The summed E-state index contributed by atoms with van der Waals surface area (Å²) < 4.78 is 11.3. The van der Waals surface area contributed by atoms with Crippen molar-refractivity contribution in [1.82, 2.24) is 4.90 Å². The molecule has 2 aliphatic heterocycles. The summed E-state index contributed by atoms with van der Waals surface area (Å²) in [6.07, 6.45) is -0.257. The Balaban J connectivity index is 1.80. The second-order valence-electron chi connectivity index (χ2n) is 6.14. The lowest BCUT2D eigenvalue weighted by Crippen LogP contribution is -2.29. The van der Waals surface area contributed by atoms with E-state index >= 15 is 0 Å². The molecular formula is C19H18ClNO3. The number of carbonyl (C=O) groups excluding carboxylic acids is 1. The van der Waals surface area contributed by atoms with Gasteiger partial charge in [0.15, 0.2) is 0 Å². The molecule has 0 aliphatic carbocycles. The Morgan fingerprint density at radius 1 is 1.17 bits per heavy atom. The Morgan fingerprint density at radius 2 is 1.88 bits per heavy atom. The van der Waals surface area contributed by atoms with Crippen LogP contribution in [0.15, 0.2) is 42.5 Å². The van der Waals surface area contributed by atoms with Gasteiger partial charge in [0.2, 0.25) is 0 Å². The Labute approximate surface area is 145 Å². The van der Waals surface area contributed by atoms with Crippen LogP contribution in [-0.4, -0.2) is 30.7 Å². The molecule has 124 valence electrons. The predicted octanol–water partition coefficient (Wildman–Crippen LogP) is 4.79. The Bertz CT molecular complexity index is 792. The van der Waals surface area contributed by atoms with Crippen molar-refractivity contribution < 1.29 is 14.3 Å². The second kappa shape index (κ2) is 6.02. The molecule has 1 fully saturated rings. The fraction of sp³-hybridized carbons (Fsp3) is 0.316. The minimum atomic E-state index is -0.257. The fourth-order valence-corrected chi connectivity index (χ4v) is 3.88. The normalized spacial score (nSPS) is 21.2. The number of para-hydroxylation sites is 1. The summed E-state index contributed by atoms with van der Waals surface area (Å²) in [5.74, 6) is 1.97. The highest BCUT2D eigenvalue weighted by atomic mass is 35.5. The van der Waals surface area contributed by atoms with Crippen molar-refractivity contribution in [1.29, 1.82) is 0 Å². The smallest absolute Gasteiger partial charge is 0.409 e. The maximum absolute atomic E-state index is 12.2. The van der Waals surface area contributed by atoms with Gasteiger partial charge in [-0.1, -0.05) is 29.8 Å². The van der Waals surface area contributed by atoms with Gasteiger partial charge in [-0.15, -0.1) is 0 Å². The van der Waals surface area contributed by atoms with Gasteiger partial charge < -0.3 is 14.4 Å². The lowest BCUT2D eigenvalue weighted by atomic mass is 9.84. The monoisotopic (exact) mass is 343 g/mol. The molecule has 0 spiro atoms. The molecule has 0 N–H and O–H groups in total. The highest BCUT2D eigenvalue weighted by Gasteiger charge is 2.41. The van der Waals surface area contributed by atoms with Gasteiger partial charge in [0.25, 0.3) is 0 Å². The molecule has 4 nitrogen and oxygen atoms in total. The first kappa shape index (κ1) is 15.3. The number of halogens is 1. The van der Waals surface area contributed by atoms with E-state index in [0.717, 1.165) is 22.6 Å². The molecule has 0 saturated carbocycles. The van der Waals surface area contributed by atoms with Gasteiger partial charge in [-0.3, -0.25) is 0 Å². The van der Waals surface area contributed by atoms with Crippen LogP contribution in [-0.2, 0) is 4.74 Å². The van der Waals surface area contributed by atoms with Gasteiger partial charge in [-0.05, 0) is 31.2 Å². The van der Waals surface area contributed by atoms with Crippen molar-refractivity contribution in [3.05, 3.63) is 58.6 Å². The lowest BCUT2D eigenvalue weighted by molar-refractivity contribution is 0.115. The maximum Gasteiger partial charge on any atom is 0.409 e. The number of ether oxygens (including phenoxy) is 2. The van der Waals surface area contributed by atoms with E-state index in [1.165, 1.54) is 0 Å². The third-order valence-corrected chi connectivity index (χ3v) is 4.99. The van der Waals surface area contributed by atoms with E-state index < -0.39 is 0 Å². The zero-order valence-electron chi connectivity index (χ0n) is 13.4. The van der Waals surface area contributed by atoms with Gasteiger partial charge >= 0.3 is 6.09 Å². The molecule has 0 bridgehead atoms. The standard InChI is InChI=1S/C19H18ClNO3/c1-2-23-19(22)21-10-15-13-5-3-4-6-17(13)24-18-8-7-12(20)9-14(18)16(15)11-21/h3-9,15-16H,2,10-11H2,1H3. The van der Waals surface area contributed by atoms with Gasteiger partial charge in [0.05, 0.1) is 6.61 Å². The number of benzene rings is 2. The third-order valence-electron chi connectivity index (χ3n) is 4.76. The van der Waals surface area contributed by atoms with Crippen molar-refractivity contribution in [2.75, 3.05) is 19.7 Å². The summed E-state index contributed by atoms with van der Waals surface area (Å²) in [4.78, 5) is 14.0. The summed E-state index contributed by atoms with van der Waals surface area (Å²) in [7, 11) is 0. The quantitative estimate of drug-likeness (QED) is 0.747. The fourth-order valence-electron chi connectivity index (χ4n) is 3.70. The van der Waals surface area contributed by atoms with Crippen LogP contribution in [0.4, 0.5) is 4.79 Å². The zero-order chi connectivity index (χ0) is 16.7. The number of fused-ring (bicyclic) bond motifs is 5. The summed E-state index contributed by atoms with van der Waals surface area (Å²) in [6.45, 7) is 3.43. The Hall–Kier alpha value is -2.20. The Kier molecular flexibility index (Phi) is 3.85. The minimum absolute atomic E-state index is 0.145. The molecule has 0 aromatic heterocycles. The largest absolute Gasteiger partial charge is 0.457 e. The first-order valence-corrected chi connectivity index (χ1v) is 8.53. The van der Waals surface area contributed by atoms with Crippen molar-refractivity contribution in [2.45, 2.75) is 18.8 Å². The number of likely N-dealkylation sites (tertiary alicyclic amines) is 1. The topological polar surface area (TPSA) is 38.8 Å². The molecule has 2 atom stereocenters. The number of carbonyl (C=O) groups is 1. The highest BCUT2D eigenvalue weighted by Crippen LogP contribution is 2.50. The van der Waals surface area contributed by atoms with Crippen LogP contribution < -0.4 is 4.74 Å². The molecular weight excluding hydrogens is 326 g/mol. The molecule has 0 radical (unpaired) electrons. The molecule has 4 rings (SSSR count). The third kappa shape index (κ3) is 2.51. The van der Waals surface area contributed by atoms with Gasteiger partial charge in [0.1, 0.15) is 11.5 Å². The predicted molar refractivity (Wildman–Crippen MR) is 92.0 cm³/mol. The van der Waals surface area contributed by atoms with Crippen LogP contribution in [0.25, 0.3) is 0 Å². The van der Waals surface area contributed by atoms with Crippen molar-refractivity contribution >= 4 is 17.7 Å². The molecule has 1 amide bonds. The average molecular weight is 344 g/mol. The summed E-state index contributed by atoms with van der Waals surface area (Å²) in [6, 6.07) is 13.7. The molecule has 2 heterocycles. The van der Waals surface area contributed by atoms with E-state index in [1.54, 1.807) is 4.90 Å². The molecule has 5 heteroatoms. The molecule has 2 aromatic carbocycles. The van der Waals surface area contributed by atoms with Crippen molar-refractivity contribution in [3.8, 4) is 11.5 Å². The molecule has 2 aliphatic rings. The van der Waals surface area contributed by atoms with E-state index in [4.69, 9.17) is 21.1 Å². The van der Waals surface area contributed by atoms with E-state index in [-0.39, 0.29) is 17.9 Å². The van der Waals surface area contributed by atoms with E-state index in [0.29, 0.717) is 24.7 Å². The van der Waals surface area contributed by atoms with E-state index in [9.17, 15) is 4.79 Å². The van der Waals surface area contributed by atoms with Crippen LogP contribution in [0.1, 0.15) is 29.9 Å². The van der Waals surface area contributed by atoms with E-state index in [2.05, 4.69) is 6.07 Å².